The standard InChI is InChI=1S/C15H20N2O4/c18-14(19)13-3-1-2-11(8-13)4-6-16-15(20)17-9-12-5-7-21-10-12/h1-3,8,12H,4-7,9-10H2,(H,18,19)(H2,16,17,20). The maximum atomic E-state index is 11.6. The third-order valence-corrected chi connectivity index (χ3v) is 3.45. The fraction of sp³-hybridized carbons (Fsp3) is 0.467. The first-order valence-corrected chi connectivity index (χ1v) is 7.07. The number of carbonyl (C=O) groups is 2. The van der Waals surface area contributed by atoms with Crippen LogP contribution < -0.4 is 10.6 Å². The highest BCUT2D eigenvalue weighted by atomic mass is 16.5. The van der Waals surface area contributed by atoms with Crippen LogP contribution in [-0.4, -0.2) is 43.4 Å². The normalized spacial score (nSPS) is 17.4. The van der Waals surface area contributed by atoms with Crippen molar-refractivity contribution >= 4 is 12.0 Å². The largest absolute Gasteiger partial charge is 0.478 e. The number of benzene rings is 1. The number of ether oxygens (including phenoxy) is 1. The second kappa shape index (κ2) is 7.64. The average molecular weight is 292 g/mol. The lowest BCUT2D eigenvalue weighted by atomic mass is 10.1. The number of aromatic carboxylic acids is 1. The monoisotopic (exact) mass is 292 g/mol. The molecule has 1 unspecified atom stereocenters. The van der Waals surface area contributed by atoms with Crippen molar-refractivity contribution in [3.63, 3.8) is 0 Å². The van der Waals surface area contributed by atoms with Crippen LogP contribution in [0.4, 0.5) is 4.79 Å². The lowest BCUT2D eigenvalue weighted by Gasteiger charge is -2.10. The van der Waals surface area contributed by atoms with Gasteiger partial charge in [-0.1, -0.05) is 12.1 Å². The first-order valence-electron chi connectivity index (χ1n) is 7.07. The van der Waals surface area contributed by atoms with Crippen LogP contribution in [0.2, 0.25) is 0 Å². The van der Waals surface area contributed by atoms with Crippen LogP contribution in [0, 0.1) is 5.92 Å². The summed E-state index contributed by atoms with van der Waals surface area (Å²) < 4.78 is 5.24. The summed E-state index contributed by atoms with van der Waals surface area (Å²) >= 11 is 0. The van der Waals surface area contributed by atoms with Gasteiger partial charge in [-0.25, -0.2) is 9.59 Å². The second-order valence-electron chi connectivity index (χ2n) is 5.12. The number of carboxylic acids is 1. The van der Waals surface area contributed by atoms with Crippen LogP contribution in [0.25, 0.3) is 0 Å². The summed E-state index contributed by atoms with van der Waals surface area (Å²) in [6.07, 6.45) is 1.59. The maximum absolute atomic E-state index is 11.6. The minimum Gasteiger partial charge on any atom is -0.478 e. The molecular weight excluding hydrogens is 272 g/mol. The van der Waals surface area contributed by atoms with Crippen molar-refractivity contribution in [1.29, 1.82) is 0 Å². The number of carboxylic acid groups (broad SMARTS) is 1. The SMILES string of the molecule is O=C(NCCc1cccc(C(=O)O)c1)NCC1CCOC1. The van der Waals surface area contributed by atoms with Crippen molar-refractivity contribution in [1.82, 2.24) is 10.6 Å². The molecular formula is C15H20N2O4. The summed E-state index contributed by atoms with van der Waals surface area (Å²) in [4.78, 5) is 22.5. The molecule has 1 fully saturated rings. The van der Waals surface area contributed by atoms with E-state index in [1.54, 1.807) is 18.2 Å². The predicted octanol–water partition coefficient (Wildman–Crippen LogP) is 1.26. The molecule has 1 aliphatic heterocycles. The molecule has 1 saturated heterocycles. The van der Waals surface area contributed by atoms with Gasteiger partial charge in [-0.05, 0) is 30.5 Å². The molecule has 0 spiro atoms. The minimum atomic E-state index is -0.943. The van der Waals surface area contributed by atoms with Crippen molar-refractivity contribution in [3.8, 4) is 0 Å². The van der Waals surface area contributed by atoms with Crippen molar-refractivity contribution in [2.45, 2.75) is 12.8 Å². The van der Waals surface area contributed by atoms with Crippen molar-refractivity contribution in [2.24, 2.45) is 5.92 Å². The second-order valence-corrected chi connectivity index (χ2v) is 5.12. The Labute approximate surface area is 123 Å². The summed E-state index contributed by atoms with van der Waals surface area (Å²) in [5.74, 6) is -0.538. The summed E-state index contributed by atoms with van der Waals surface area (Å²) in [6.45, 7) is 2.58. The molecule has 6 nitrogen and oxygen atoms in total. The van der Waals surface area contributed by atoms with Gasteiger partial charge < -0.3 is 20.5 Å². The van der Waals surface area contributed by atoms with Gasteiger partial charge in [-0.3, -0.25) is 0 Å². The highest BCUT2D eigenvalue weighted by molar-refractivity contribution is 5.87. The Bertz CT molecular complexity index is 498. The summed E-state index contributed by atoms with van der Waals surface area (Å²) in [7, 11) is 0. The van der Waals surface area contributed by atoms with Gasteiger partial charge in [0.2, 0.25) is 0 Å². The zero-order valence-electron chi connectivity index (χ0n) is 11.8. The number of hydrogen-bond acceptors (Lipinski definition) is 3. The van der Waals surface area contributed by atoms with Gasteiger partial charge in [0.25, 0.3) is 0 Å². The number of amides is 2. The van der Waals surface area contributed by atoms with Crippen LogP contribution in [0.1, 0.15) is 22.3 Å². The van der Waals surface area contributed by atoms with E-state index in [4.69, 9.17) is 9.84 Å². The number of nitrogens with one attached hydrogen (secondary N) is 2. The third kappa shape index (κ3) is 5.07. The summed E-state index contributed by atoms with van der Waals surface area (Å²) in [5.41, 5.74) is 1.15. The lowest BCUT2D eigenvalue weighted by Crippen LogP contribution is -2.39. The van der Waals surface area contributed by atoms with Crippen LogP contribution >= 0.6 is 0 Å². The molecule has 0 saturated carbocycles. The molecule has 0 aliphatic carbocycles. The Kier molecular flexibility index (Phi) is 5.57. The van der Waals surface area contributed by atoms with Gasteiger partial charge in [0.05, 0.1) is 12.2 Å². The topological polar surface area (TPSA) is 87.7 Å². The predicted molar refractivity (Wildman–Crippen MR) is 77.4 cm³/mol. The number of urea groups is 1. The van der Waals surface area contributed by atoms with E-state index >= 15 is 0 Å². The molecule has 1 aliphatic rings. The molecule has 21 heavy (non-hydrogen) atoms. The van der Waals surface area contributed by atoms with Crippen LogP contribution in [-0.2, 0) is 11.2 Å². The van der Waals surface area contributed by atoms with Gasteiger partial charge in [0.15, 0.2) is 0 Å². The zero-order valence-corrected chi connectivity index (χ0v) is 11.8. The van der Waals surface area contributed by atoms with Crippen molar-refractivity contribution < 1.29 is 19.4 Å². The first-order chi connectivity index (χ1) is 10.1. The summed E-state index contributed by atoms with van der Waals surface area (Å²) in [6, 6.07) is 6.53. The molecule has 2 rings (SSSR count). The first kappa shape index (κ1) is 15.3. The molecule has 0 bridgehead atoms. The quantitative estimate of drug-likeness (QED) is 0.736. The average Bonchev–Trinajstić information content (AvgIpc) is 2.99. The van der Waals surface area contributed by atoms with E-state index in [0.717, 1.165) is 18.6 Å². The van der Waals surface area contributed by atoms with Gasteiger partial charge in [-0.2, -0.15) is 0 Å². The molecule has 3 N–H and O–H groups in total. The zero-order chi connectivity index (χ0) is 15.1. The maximum Gasteiger partial charge on any atom is 0.335 e. The van der Waals surface area contributed by atoms with E-state index in [2.05, 4.69) is 10.6 Å². The van der Waals surface area contributed by atoms with Crippen molar-refractivity contribution in [3.05, 3.63) is 35.4 Å². The highest BCUT2D eigenvalue weighted by Gasteiger charge is 2.15. The Morgan fingerprint density at radius 1 is 1.33 bits per heavy atom. The van der Waals surface area contributed by atoms with E-state index < -0.39 is 5.97 Å². The number of hydrogen-bond donors (Lipinski definition) is 3. The van der Waals surface area contributed by atoms with E-state index in [1.165, 1.54) is 0 Å². The van der Waals surface area contributed by atoms with Gasteiger partial charge in [0, 0.05) is 25.6 Å². The van der Waals surface area contributed by atoms with Crippen LogP contribution in [0.3, 0.4) is 0 Å². The molecule has 0 radical (unpaired) electrons. The van der Waals surface area contributed by atoms with E-state index in [9.17, 15) is 9.59 Å². The van der Waals surface area contributed by atoms with Gasteiger partial charge >= 0.3 is 12.0 Å². The fourth-order valence-electron chi connectivity index (χ4n) is 2.22. The Hall–Kier alpha value is -2.08. The smallest absolute Gasteiger partial charge is 0.335 e. The number of rotatable bonds is 6. The molecule has 0 aromatic heterocycles. The van der Waals surface area contributed by atoms with Crippen LogP contribution in [0.15, 0.2) is 24.3 Å². The summed E-state index contributed by atoms with van der Waals surface area (Å²) in [5, 5.41) is 14.5. The molecule has 1 atom stereocenters. The molecule has 2 amide bonds. The van der Waals surface area contributed by atoms with E-state index in [0.29, 0.717) is 32.0 Å². The van der Waals surface area contributed by atoms with Crippen molar-refractivity contribution in [2.75, 3.05) is 26.3 Å². The highest BCUT2D eigenvalue weighted by Crippen LogP contribution is 2.10. The third-order valence-electron chi connectivity index (χ3n) is 3.45. The van der Waals surface area contributed by atoms with Crippen LogP contribution in [0.5, 0.6) is 0 Å². The molecule has 1 heterocycles. The molecule has 1 aromatic carbocycles. The minimum absolute atomic E-state index is 0.198. The lowest BCUT2D eigenvalue weighted by molar-refractivity contribution is 0.0696. The molecule has 1 aromatic rings. The fourth-order valence-corrected chi connectivity index (χ4v) is 2.22. The Morgan fingerprint density at radius 2 is 2.19 bits per heavy atom. The molecule has 114 valence electrons. The van der Waals surface area contributed by atoms with Gasteiger partial charge in [-0.15, -0.1) is 0 Å². The van der Waals surface area contributed by atoms with E-state index in [1.807, 2.05) is 6.07 Å². The van der Waals surface area contributed by atoms with Gasteiger partial charge in [0.1, 0.15) is 0 Å². The van der Waals surface area contributed by atoms with E-state index in [-0.39, 0.29) is 11.6 Å². The molecule has 6 heteroatoms. The Morgan fingerprint density at radius 3 is 2.90 bits per heavy atom. The number of carbonyl (C=O) groups excluding carboxylic acids is 1. The Balaban J connectivity index is 1.67.